The highest BCUT2D eigenvalue weighted by molar-refractivity contribution is 6.25. The van der Waals surface area contributed by atoms with Gasteiger partial charge in [0.05, 0.1) is 56.1 Å². The van der Waals surface area contributed by atoms with E-state index < -0.39 is 0 Å². The van der Waals surface area contributed by atoms with Gasteiger partial charge in [-0.1, -0.05) is 72.8 Å². The van der Waals surface area contributed by atoms with Gasteiger partial charge in [-0.3, -0.25) is 0 Å². The number of nitriles is 2. The van der Waals surface area contributed by atoms with E-state index >= 15 is 0 Å². The number of fused-ring (bicyclic) bond motifs is 14. The van der Waals surface area contributed by atoms with E-state index in [4.69, 9.17) is 8.83 Å². The fourth-order valence-electron chi connectivity index (χ4n) is 8.97. The van der Waals surface area contributed by atoms with Gasteiger partial charge in [0.15, 0.2) is 0 Å². The zero-order valence-electron chi connectivity index (χ0n) is 29.6. The average molecular weight is 715 g/mol. The SMILES string of the molecule is N#Cc1cc(C#N)cc(-c2cc(-n3c4ccccc4c4c5oc6ccccc6c5ccc43)cc(-n3c4ccccc4c4c5oc6ccccc6c5ccc43)c2)c1. The molecule has 8 aromatic carbocycles. The number of para-hydroxylation sites is 4. The summed E-state index contributed by atoms with van der Waals surface area (Å²) in [7, 11) is 0. The fraction of sp³-hybridized carbons (Fsp3) is 0. The van der Waals surface area contributed by atoms with Gasteiger partial charge in [-0.15, -0.1) is 0 Å². The Labute approximate surface area is 318 Å². The molecule has 4 heterocycles. The quantitative estimate of drug-likeness (QED) is 0.182. The lowest BCUT2D eigenvalue weighted by molar-refractivity contribution is 0.672. The van der Waals surface area contributed by atoms with Crippen molar-refractivity contribution < 1.29 is 8.83 Å². The molecule has 0 aliphatic rings. The van der Waals surface area contributed by atoms with Gasteiger partial charge >= 0.3 is 0 Å². The first-order valence-corrected chi connectivity index (χ1v) is 18.5. The molecule has 12 rings (SSSR count). The van der Waals surface area contributed by atoms with Crippen molar-refractivity contribution in [3.63, 3.8) is 0 Å². The Morgan fingerprint density at radius 2 is 0.804 bits per heavy atom. The Morgan fingerprint density at radius 3 is 1.29 bits per heavy atom. The summed E-state index contributed by atoms with van der Waals surface area (Å²) in [6.07, 6.45) is 0. The second-order valence-corrected chi connectivity index (χ2v) is 14.3. The maximum absolute atomic E-state index is 10.0. The first-order valence-electron chi connectivity index (χ1n) is 18.5. The summed E-state index contributed by atoms with van der Waals surface area (Å²) in [5.41, 5.74) is 11.9. The van der Waals surface area contributed by atoms with E-state index in [0.29, 0.717) is 11.1 Å². The summed E-state index contributed by atoms with van der Waals surface area (Å²) < 4.78 is 17.8. The summed E-state index contributed by atoms with van der Waals surface area (Å²) in [5.74, 6) is 0. The van der Waals surface area contributed by atoms with E-state index in [2.05, 4.69) is 124 Å². The van der Waals surface area contributed by atoms with E-state index in [-0.39, 0.29) is 0 Å². The normalized spacial score (nSPS) is 11.9. The number of benzene rings is 8. The molecule has 0 radical (unpaired) electrons. The number of hydrogen-bond acceptors (Lipinski definition) is 4. The molecule has 0 N–H and O–H groups in total. The lowest BCUT2D eigenvalue weighted by Crippen LogP contribution is -2.00. The van der Waals surface area contributed by atoms with Crippen molar-refractivity contribution >= 4 is 87.5 Å². The molecule has 4 aromatic heterocycles. The van der Waals surface area contributed by atoms with Crippen molar-refractivity contribution in [3.8, 4) is 34.6 Å². The first-order chi connectivity index (χ1) is 27.7. The van der Waals surface area contributed by atoms with Crippen LogP contribution >= 0.6 is 0 Å². The zero-order valence-corrected chi connectivity index (χ0v) is 29.6. The third kappa shape index (κ3) is 4.13. The molecule has 0 saturated heterocycles. The Kier molecular flexibility index (Phi) is 6.10. The predicted octanol–water partition coefficient (Wildman–Crippen LogP) is 13.1. The van der Waals surface area contributed by atoms with Gasteiger partial charge in [0.2, 0.25) is 0 Å². The second-order valence-electron chi connectivity index (χ2n) is 14.3. The molecule has 0 amide bonds. The van der Waals surface area contributed by atoms with E-state index in [9.17, 15) is 10.5 Å². The molecule has 0 saturated carbocycles. The van der Waals surface area contributed by atoms with Crippen LogP contribution in [0.25, 0.3) is 110 Å². The van der Waals surface area contributed by atoms with Crippen LogP contribution in [0, 0.1) is 22.7 Å². The summed E-state index contributed by atoms with van der Waals surface area (Å²) in [5, 5.41) is 28.6. The maximum Gasteiger partial charge on any atom is 0.145 e. The lowest BCUT2D eigenvalue weighted by Gasteiger charge is -2.16. The highest BCUT2D eigenvalue weighted by atomic mass is 16.3. The smallest absolute Gasteiger partial charge is 0.145 e. The lowest BCUT2D eigenvalue weighted by atomic mass is 9.99. The van der Waals surface area contributed by atoms with Crippen LogP contribution in [0.4, 0.5) is 0 Å². The van der Waals surface area contributed by atoms with E-state index in [1.807, 2.05) is 48.5 Å². The summed E-state index contributed by atoms with van der Waals surface area (Å²) in [6.45, 7) is 0. The predicted molar refractivity (Wildman–Crippen MR) is 225 cm³/mol. The van der Waals surface area contributed by atoms with Crippen LogP contribution in [0.5, 0.6) is 0 Å². The van der Waals surface area contributed by atoms with Gasteiger partial charge in [-0.05, 0) is 96.1 Å². The van der Waals surface area contributed by atoms with Gasteiger partial charge in [-0.2, -0.15) is 10.5 Å². The number of aromatic nitrogens is 2. The Bertz CT molecular complexity index is 3510. The molecule has 0 spiro atoms. The Balaban J connectivity index is 1.22. The van der Waals surface area contributed by atoms with Crippen molar-refractivity contribution in [2.24, 2.45) is 0 Å². The zero-order chi connectivity index (χ0) is 37.1. The van der Waals surface area contributed by atoms with E-state index in [1.165, 1.54) is 0 Å². The third-order valence-electron chi connectivity index (χ3n) is 11.3. The minimum atomic E-state index is 0.430. The topological polar surface area (TPSA) is 83.7 Å². The molecule has 0 unspecified atom stereocenters. The number of furan rings is 2. The molecule has 6 heteroatoms. The Hall–Kier alpha value is -8.06. The van der Waals surface area contributed by atoms with Gasteiger partial charge in [0, 0.05) is 43.7 Å². The van der Waals surface area contributed by atoms with Crippen LogP contribution in [-0.4, -0.2) is 9.13 Å². The largest absolute Gasteiger partial charge is 0.455 e. The minimum Gasteiger partial charge on any atom is -0.455 e. The Morgan fingerprint density at radius 1 is 0.375 bits per heavy atom. The summed E-state index contributed by atoms with van der Waals surface area (Å²) in [6, 6.07) is 58.4. The van der Waals surface area contributed by atoms with Crippen molar-refractivity contribution in [2.45, 2.75) is 0 Å². The summed E-state index contributed by atoms with van der Waals surface area (Å²) >= 11 is 0. The third-order valence-corrected chi connectivity index (χ3v) is 11.3. The van der Waals surface area contributed by atoms with Gasteiger partial charge < -0.3 is 18.0 Å². The molecule has 0 fully saturated rings. The van der Waals surface area contributed by atoms with Crippen LogP contribution in [0.1, 0.15) is 11.1 Å². The number of hydrogen-bond donors (Lipinski definition) is 0. The van der Waals surface area contributed by atoms with Gasteiger partial charge in [-0.25, -0.2) is 0 Å². The van der Waals surface area contributed by atoms with Crippen LogP contribution in [0.3, 0.4) is 0 Å². The molecular weight excluding hydrogens is 689 g/mol. The molecule has 56 heavy (non-hydrogen) atoms. The average Bonchev–Trinajstić information content (AvgIpc) is 4.00. The van der Waals surface area contributed by atoms with Crippen LogP contribution < -0.4 is 0 Å². The van der Waals surface area contributed by atoms with Crippen LogP contribution in [-0.2, 0) is 0 Å². The van der Waals surface area contributed by atoms with E-state index in [1.54, 1.807) is 6.07 Å². The summed E-state index contributed by atoms with van der Waals surface area (Å²) in [4.78, 5) is 0. The monoisotopic (exact) mass is 714 g/mol. The number of nitrogens with zero attached hydrogens (tertiary/aromatic N) is 4. The van der Waals surface area contributed by atoms with Crippen molar-refractivity contribution in [3.05, 3.63) is 169 Å². The first kappa shape index (κ1) is 30.4. The van der Waals surface area contributed by atoms with Gasteiger partial charge in [0.1, 0.15) is 22.3 Å². The van der Waals surface area contributed by atoms with E-state index in [0.717, 1.165) is 110 Å². The van der Waals surface area contributed by atoms with Crippen molar-refractivity contribution in [2.75, 3.05) is 0 Å². The second kappa shape index (κ2) is 11.2. The van der Waals surface area contributed by atoms with Crippen molar-refractivity contribution in [1.82, 2.24) is 9.13 Å². The molecule has 0 atom stereocenters. The molecular formula is C50H26N4O2. The van der Waals surface area contributed by atoms with Gasteiger partial charge in [0.25, 0.3) is 0 Å². The highest BCUT2D eigenvalue weighted by Crippen LogP contribution is 2.44. The molecule has 12 aromatic rings. The minimum absolute atomic E-state index is 0.430. The standard InChI is InChI=1S/C50H26N4O2/c51-27-29-21-30(28-52)23-31(22-29)32-24-33(53-41-13-5-1-11-39(41)47-43(53)19-17-37-35-9-3-7-15-45(35)55-49(37)47)26-34(25-32)54-42-14-6-2-12-40(42)48-44(54)20-18-38-36-10-4-8-16-46(36)56-50(38)48/h1-26H. The fourth-order valence-corrected chi connectivity index (χ4v) is 8.97. The maximum atomic E-state index is 10.0. The molecule has 0 aliphatic heterocycles. The number of rotatable bonds is 3. The highest BCUT2D eigenvalue weighted by Gasteiger charge is 2.22. The van der Waals surface area contributed by atoms with Crippen molar-refractivity contribution in [1.29, 1.82) is 10.5 Å². The van der Waals surface area contributed by atoms with Crippen LogP contribution in [0.15, 0.2) is 167 Å². The van der Waals surface area contributed by atoms with Crippen LogP contribution in [0.2, 0.25) is 0 Å². The molecule has 6 nitrogen and oxygen atoms in total. The molecule has 258 valence electrons. The molecule has 0 bridgehead atoms. The molecule has 0 aliphatic carbocycles.